The first-order valence-corrected chi connectivity index (χ1v) is 37.3. The Morgan fingerprint density at radius 1 is 0.341 bits per heavy atom. The third-order valence-electron chi connectivity index (χ3n) is 17.4. The van der Waals surface area contributed by atoms with Crippen LogP contribution in [0, 0.1) is 0 Å². The summed E-state index contributed by atoms with van der Waals surface area (Å²) < 4.78 is 5.49. The Morgan fingerprint density at radius 2 is 0.610 bits per heavy atom. The van der Waals surface area contributed by atoms with Crippen molar-refractivity contribution in [1.29, 1.82) is 0 Å². The number of esters is 1. The highest BCUT2D eigenvalue weighted by Gasteiger charge is 2.18. The van der Waals surface area contributed by atoms with Gasteiger partial charge in [-0.2, -0.15) is 0 Å². The molecular weight excluding hydrogens is 1010 g/mol. The molecule has 0 aromatic heterocycles. The highest BCUT2D eigenvalue weighted by atomic mass is 16.5. The van der Waals surface area contributed by atoms with Crippen molar-refractivity contribution in [2.24, 2.45) is 0 Å². The van der Waals surface area contributed by atoms with Gasteiger partial charge in [0.1, 0.15) is 0 Å². The number of carbonyl (C=O) groups excluding carboxylic acids is 2. The van der Waals surface area contributed by atoms with Crippen LogP contribution in [0.5, 0.6) is 0 Å². The van der Waals surface area contributed by atoms with Crippen molar-refractivity contribution in [3.8, 4) is 0 Å². The van der Waals surface area contributed by atoms with Gasteiger partial charge in [-0.3, -0.25) is 9.59 Å². The molecule has 0 heterocycles. The molecule has 0 saturated carbocycles. The van der Waals surface area contributed by atoms with Crippen LogP contribution in [-0.2, 0) is 14.3 Å². The second-order valence-corrected chi connectivity index (χ2v) is 25.6. The normalized spacial score (nSPS) is 12.7. The van der Waals surface area contributed by atoms with E-state index in [1.807, 2.05) is 6.08 Å². The van der Waals surface area contributed by atoms with Gasteiger partial charge in [0.05, 0.1) is 25.4 Å². The monoisotopic (exact) mass is 1150 g/mol. The molecule has 0 aliphatic carbocycles. The molecule has 0 bridgehead atoms. The Bertz CT molecular complexity index is 1330. The van der Waals surface area contributed by atoms with E-state index in [1.165, 1.54) is 340 Å². The number of nitrogens with one attached hydrogen (secondary N) is 1. The minimum atomic E-state index is -0.848. The third-order valence-corrected chi connectivity index (χ3v) is 17.4. The quantitative estimate of drug-likeness (QED) is 0.0320. The van der Waals surface area contributed by atoms with E-state index in [0.717, 1.165) is 44.9 Å². The molecule has 0 rings (SSSR count). The van der Waals surface area contributed by atoms with Crippen molar-refractivity contribution in [3.63, 3.8) is 0 Å². The summed E-state index contributed by atoms with van der Waals surface area (Å²) in [6.45, 7) is 4.94. The molecule has 0 radical (unpaired) electrons. The Kier molecular flexibility index (Phi) is 69.9. The molecule has 82 heavy (non-hydrogen) atoms. The molecule has 3 N–H and O–H groups in total. The molecule has 2 unspecified atom stereocenters. The van der Waals surface area contributed by atoms with E-state index in [9.17, 15) is 19.8 Å². The highest BCUT2D eigenvalue weighted by molar-refractivity contribution is 5.76. The van der Waals surface area contributed by atoms with Crippen LogP contribution in [0.25, 0.3) is 0 Å². The number of aliphatic hydroxyl groups excluding tert-OH is 2. The zero-order valence-electron chi connectivity index (χ0n) is 55.5. The van der Waals surface area contributed by atoms with Crippen LogP contribution in [0.1, 0.15) is 412 Å². The summed E-state index contributed by atoms with van der Waals surface area (Å²) in [6.07, 6.45) is 92.4. The molecule has 6 nitrogen and oxygen atoms in total. The fourth-order valence-corrected chi connectivity index (χ4v) is 11.7. The fraction of sp³-hybridized carbons (Fsp3) is 0.895. The zero-order valence-corrected chi connectivity index (χ0v) is 55.5. The van der Waals surface area contributed by atoms with Gasteiger partial charge in [-0.25, -0.2) is 0 Å². The van der Waals surface area contributed by atoms with E-state index in [-0.39, 0.29) is 18.5 Å². The lowest BCUT2D eigenvalue weighted by molar-refractivity contribution is -0.143. The van der Waals surface area contributed by atoms with Gasteiger partial charge in [0.25, 0.3) is 0 Å². The van der Waals surface area contributed by atoms with Gasteiger partial charge in [-0.05, 0) is 64.2 Å². The van der Waals surface area contributed by atoms with E-state index >= 15 is 0 Å². The maximum Gasteiger partial charge on any atom is 0.305 e. The number of allylic oxidation sites excluding steroid dienone is 5. The number of carbonyl (C=O) groups is 2. The first-order valence-electron chi connectivity index (χ1n) is 37.3. The summed E-state index contributed by atoms with van der Waals surface area (Å²) in [7, 11) is 0. The van der Waals surface area contributed by atoms with Gasteiger partial charge < -0.3 is 20.3 Å². The van der Waals surface area contributed by atoms with E-state index in [0.29, 0.717) is 19.4 Å². The molecule has 484 valence electrons. The summed E-state index contributed by atoms with van der Waals surface area (Å²) in [5, 5.41) is 23.3. The Labute approximate surface area is 513 Å². The number of amides is 1. The van der Waals surface area contributed by atoms with Crippen molar-refractivity contribution in [3.05, 3.63) is 36.5 Å². The number of ether oxygens (including phenoxy) is 1. The molecule has 0 saturated heterocycles. The summed E-state index contributed by atoms with van der Waals surface area (Å²) in [6, 6.07) is -0.632. The van der Waals surface area contributed by atoms with E-state index < -0.39 is 12.1 Å². The molecular formula is C76H145NO5. The van der Waals surface area contributed by atoms with E-state index in [4.69, 9.17) is 4.74 Å². The Balaban J connectivity index is 3.44. The van der Waals surface area contributed by atoms with Gasteiger partial charge in [0.2, 0.25) is 5.91 Å². The lowest BCUT2D eigenvalue weighted by Crippen LogP contribution is -2.45. The van der Waals surface area contributed by atoms with Crippen LogP contribution in [0.3, 0.4) is 0 Å². The first-order chi connectivity index (χ1) is 40.5. The van der Waals surface area contributed by atoms with E-state index in [2.05, 4.69) is 43.5 Å². The summed E-state index contributed by atoms with van der Waals surface area (Å²) >= 11 is 0. The largest absolute Gasteiger partial charge is 0.466 e. The number of unbranched alkanes of at least 4 members (excludes halogenated alkanes) is 55. The van der Waals surface area contributed by atoms with Gasteiger partial charge in [-0.15, -0.1) is 0 Å². The lowest BCUT2D eigenvalue weighted by Gasteiger charge is -2.20. The maximum atomic E-state index is 12.5. The zero-order chi connectivity index (χ0) is 59.2. The fourth-order valence-electron chi connectivity index (χ4n) is 11.7. The SMILES string of the molecule is CCCCCCCCCCCCCCCCCCCCCCC/C=C/C(O)C(CO)NC(=O)CCCCCCCCCCCCC/C=C\C/C=C\CCCCCCCCCCCOC(=O)CCCCCCCCCCCCCCCCC. The standard InChI is InChI=1S/C76H145NO5/c1-3-5-7-9-11-13-15-17-19-20-21-22-28-31-34-37-41-44-48-52-56-60-64-68-74(79)73(72-78)77-75(80)69-65-61-57-53-49-45-42-38-35-32-29-26-24-23-25-27-30-33-36-39-43-47-51-55-59-63-67-71-82-76(81)70-66-62-58-54-50-46-40-18-16-14-12-10-8-6-4-2/h23-24,27,30,64,68,73-74,78-79H,3-22,25-26,28-29,31-63,65-67,69-72H2,1-2H3,(H,77,80)/b24-23-,30-27-,68-64+. The maximum absolute atomic E-state index is 12.5. The van der Waals surface area contributed by atoms with Crippen molar-refractivity contribution >= 4 is 11.9 Å². The smallest absolute Gasteiger partial charge is 0.305 e. The third kappa shape index (κ3) is 67.2. The summed E-state index contributed by atoms with van der Waals surface area (Å²) in [5.41, 5.74) is 0. The number of rotatable bonds is 70. The van der Waals surface area contributed by atoms with Gasteiger partial charge >= 0.3 is 5.97 Å². The first kappa shape index (κ1) is 80.1. The van der Waals surface area contributed by atoms with Crippen LogP contribution in [0.15, 0.2) is 36.5 Å². The Hall–Kier alpha value is -1.92. The molecule has 0 aromatic rings. The topological polar surface area (TPSA) is 95.9 Å². The number of hydrogen-bond acceptors (Lipinski definition) is 5. The summed E-state index contributed by atoms with van der Waals surface area (Å²) in [4.78, 5) is 24.6. The van der Waals surface area contributed by atoms with E-state index in [1.54, 1.807) is 6.08 Å². The van der Waals surface area contributed by atoms with Gasteiger partial charge in [0.15, 0.2) is 0 Å². The molecule has 2 atom stereocenters. The molecule has 0 fully saturated rings. The van der Waals surface area contributed by atoms with Crippen LogP contribution < -0.4 is 5.32 Å². The predicted molar refractivity (Wildman–Crippen MR) is 361 cm³/mol. The molecule has 0 aliphatic rings. The average Bonchev–Trinajstić information content (AvgIpc) is 3.48. The highest BCUT2D eigenvalue weighted by Crippen LogP contribution is 2.19. The molecule has 6 heteroatoms. The van der Waals surface area contributed by atoms with Crippen LogP contribution in [-0.4, -0.2) is 47.4 Å². The van der Waals surface area contributed by atoms with Crippen molar-refractivity contribution in [1.82, 2.24) is 5.32 Å². The second-order valence-electron chi connectivity index (χ2n) is 25.6. The number of hydrogen-bond donors (Lipinski definition) is 3. The minimum Gasteiger partial charge on any atom is -0.466 e. The number of aliphatic hydroxyl groups is 2. The average molecular weight is 1150 g/mol. The van der Waals surface area contributed by atoms with Gasteiger partial charge in [0, 0.05) is 12.8 Å². The minimum absolute atomic E-state index is 0.0138. The van der Waals surface area contributed by atoms with Crippen LogP contribution >= 0.6 is 0 Å². The second kappa shape index (κ2) is 71.6. The molecule has 0 spiro atoms. The lowest BCUT2D eigenvalue weighted by atomic mass is 10.0. The van der Waals surface area contributed by atoms with Gasteiger partial charge in [-0.1, -0.05) is 371 Å². The van der Waals surface area contributed by atoms with Crippen molar-refractivity contribution in [2.45, 2.75) is 424 Å². The predicted octanol–water partition coefficient (Wildman–Crippen LogP) is 24.3. The molecule has 0 aliphatic heterocycles. The van der Waals surface area contributed by atoms with Crippen molar-refractivity contribution < 1.29 is 24.5 Å². The summed E-state index contributed by atoms with van der Waals surface area (Å²) in [5.74, 6) is -0.0531. The Morgan fingerprint density at radius 3 is 0.927 bits per heavy atom. The van der Waals surface area contributed by atoms with Crippen LogP contribution in [0.4, 0.5) is 0 Å². The van der Waals surface area contributed by atoms with Crippen molar-refractivity contribution in [2.75, 3.05) is 13.2 Å². The molecule has 0 aromatic carbocycles. The molecule has 1 amide bonds. The van der Waals surface area contributed by atoms with Crippen LogP contribution in [0.2, 0.25) is 0 Å².